The minimum atomic E-state index is -0.332. The van der Waals surface area contributed by atoms with Gasteiger partial charge in [0, 0.05) is 36.4 Å². The van der Waals surface area contributed by atoms with Crippen molar-refractivity contribution in [1.82, 2.24) is 20.2 Å². The summed E-state index contributed by atoms with van der Waals surface area (Å²) in [6.45, 7) is 4.76. The van der Waals surface area contributed by atoms with Gasteiger partial charge in [-0.15, -0.1) is 11.3 Å². The fourth-order valence-electron chi connectivity index (χ4n) is 3.13. The van der Waals surface area contributed by atoms with E-state index >= 15 is 0 Å². The van der Waals surface area contributed by atoms with Crippen molar-refractivity contribution < 1.29 is 14.4 Å². The second-order valence-electron chi connectivity index (χ2n) is 7.95. The van der Waals surface area contributed by atoms with Crippen LogP contribution in [-0.4, -0.2) is 45.7 Å². The summed E-state index contributed by atoms with van der Waals surface area (Å²) in [6.07, 6.45) is 3.48. The normalized spacial score (nSPS) is 10.6. The first kappa shape index (κ1) is 24.1. The standard InChI is InChI=1S/C24H27N5O3S/c1-17(2)14-29(23(32)19-8-4-3-5-9-19)15-22(31)28-24-27-20(16-33-24)11-21(30)26-13-18-7-6-10-25-12-18/h3-10,12,16-17H,11,13-15H2,1-2H3,(H,26,30)(H,27,28,31). The summed E-state index contributed by atoms with van der Waals surface area (Å²) in [5.74, 6) is -0.480. The largest absolute Gasteiger partial charge is 0.352 e. The summed E-state index contributed by atoms with van der Waals surface area (Å²) in [6, 6.07) is 12.6. The number of carbonyl (C=O) groups excluding carboxylic acids is 3. The Kier molecular flexibility index (Phi) is 8.65. The van der Waals surface area contributed by atoms with E-state index in [1.807, 2.05) is 32.0 Å². The Morgan fingerprint density at radius 1 is 1.06 bits per heavy atom. The molecule has 2 heterocycles. The Morgan fingerprint density at radius 3 is 2.55 bits per heavy atom. The van der Waals surface area contributed by atoms with Crippen molar-refractivity contribution in [3.8, 4) is 0 Å². The molecule has 0 saturated carbocycles. The first-order valence-corrected chi connectivity index (χ1v) is 11.5. The lowest BCUT2D eigenvalue weighted by Gasteiger charge is -2.24. The third-order valence-electron chi connectivity index (χ3n) is 4.58. The number of anilines is 1. The van der Waals surface area contributed by atoms with E-state index < -0.39 is 0 Å². The van der Waals surface area contributed by atoms with Crippen molar-refractivity contribution in [3.05, 3.63) is 77.1 Å². The number of nitrogens with one attached hydrogen (secondary N) is 2. The lowest BCUT2D eigenvalue weighted by molar-refractivity contribution is -0.120. The molecule has 0 atom stereocenters. The molecule has 3 aromatic rings. The maximum Gasteiger partial charge on any atom is 0.254 e. The number of carbonyl (C=O) groups is 3. The summed E-state index contributed by atoms with van der Waals surface area (Å²) in [5, 5.41) is 7.69. The Balaban J connectivity index is 1.53. The van der Waals surface area contributed by atoms with Gasteiger partial charge in [0.25, 0.3) is 5.91 Å². The van der Waals surface area contributed by atoms with Gasteiger partial charge in [-0.3, -0.25) is 19.4 Å². The number of pyridine rings is 1. The summed E-state index contributed by atoms with van der Waals surface area (Å²) in [4.78, 5) is 47.5. The highest BCUT2D eigenvalue weighted by Gasteiger charge is 2.20. The molecule has 0 radical (unpaired) electrons. The van der Waals surface area contributed by atoms with E-state index in [9.17, 15) is 14.4 Å². The molecule has 9 heteroatoms. The van der Waals surface area contributed by atoms with Crippen molar-refractivity contribution in [3.63, 3.8) is 0 Å². The summed E-state index contributed by atoms with van der Waals surface area (Å²) in [7, 11) is 0. The topological polar surface area (TPSA) is 104 Å². The first-order valence-electron chi connectivity index (χ1n) is 10.6. The van der Waals surface area contributed by atoms with Gasteiger partial charge >= 0.3 is 0 Å². The SMILES string of the molecule is CC(C)CN(CC(=O)Nc1nc(CC(=O)NCc2cccnc2)cs1)C(=O)c1ccccc1. The molecular weight excluding hydrogens is 438 g/mol. The van der Waals surface area contributed by atoms with E-state index in [-0.39, 0.29) is 36.6 Å². The number of benzene rings is 1. The van der Waals surface area contributed by atoms with E-state index in [1.54, 1.807) is 42.0 Å². The van der Waals surface area contributed by atoms with E-state index in [4.69, 9.17) is 0 Å². The van der Waals surface area contributed by atoms with Crippen LogP contribution in [0.25, 0.3) is 0 Å². The van der Waals surface area contributed by atoms with E-state index in [0.29, 0.717) is 29.5 Å². The molecule has 3 amide bonds. The van der Waals surface area contributed by atoms with Gasteiger partial charge in [0.1, 0.15) is 6.54 Å². The number of amides is 3. The molecule has 0 aliphatic carbocycles. The van der Waals surface area contributed by atoms with Gasteiger partial charge < -0.3 is 15.5 Å². The molecule has 2 aromatic heterocycles. The van der Waals surface area contributed by atoms with Crippen LogP contribution >= 0.6 is 11.3 Å². The maximum absolute atomic E-state index is 12.8. The Hall–Kier alpha value is -3.59. The van der Waals surface area contributed by atoms with Crippen LogP contribution in [0.3, 0.4) is 0 Å². The molecule has 33 heavy (non-hydrogen) atoms. The Labute approximate surface area is 197 Å². The molecule has 8 nitrogen and oxygen atoms in total. The molecule has 0 spiro atoms. The predicted octanol–water partition coefficient (Wildman–Crippen LogP) is 3.13. The van der Waals surface area contributed by atoms with E-state index in [2.05, 4.69) is 20.6 Å². The molecule has 2 N–H and O–H groups in total. The number of hydrogen-bond donors (Lipinski definition) is 2. The minimum Gasteiger partial charge on any atom is -0.352 e. The smallest absolute Gasteiger partial charge is 0.254 e. The molecule has 3 rings (SSSR count). The third-order valence-corrected chi connectivity index (χ3v) is 5.39. The van der Waals surface area contributed by atoms with Gasteiger partial charge in [-0.1, -0.05) is 38.1 Å². The average Bonchev–Trinajstić information content (AvgIpc) is 3.24. The molecule has 0 aliphatic heterocycles. The van der Waals surface area contributed by atoms with Crippen LogP contribution in [-0.2, 0) is 22.6 Å². The quantitative estimate of drug-likeness (QED) is 0.479. The van der Waals surface area contributed by atoms with Crippen LogP contribution in [0.5, 0.6) is 0 Å². The molecule has 1 aromatic carbocycles. The van der Waals surface area contributed by atoms with Crippen LogP contribution in [0.4, 0.5) is 5.13 Å². The number of aromatic nitrogens is 2. The van der Waals surface area contributed by atoms with Crippen LogP contribution in [0.15, 0.2) is 60.2 Å². The Morgan fingerprint density at radius 2 is 1.85 bits per heavy atom. The zero-order chi connectivity index (χ0) is 23.6. The zero-order valence-electron chi connectivity index (χ0n) is 18.7. The van der Waals surface area contributed by atoms with Gasteiger partial charge in [-0.05, 0) is 29.7 Å². The maximum atomic E-state index is 12.8. The van der Waals surface area contributed by atoms with Crippen LogP contribution in [0, 0.1) is 5.92 Å². The van der Waals surface area contributed by atoms with Crippen LogP contribution in [0.2, 0.25) is 0 Å². The summed E-state index contributed by atoms with van der Waals surface area (Å²) in [5.41, 5.74) is 2.02. The first-order chi connectivity index (χ1) is 15.9. The average molecular weight is 466 g/mol. The molecule has 0 saturated heterocycles. The second-order valence-corrected chi connectivity index (χ2v) is 8.81. The van der Waals surface area contributed by atoms with Gasteiger partial charge in [0.05, 0.1) is 12.1 Å². The molecule has 0 fully saturated rings. The second kappa shape index (κ2) is 11.9. The highest BCUT2D eigenvalue weighted by atomic mass is 32.1. The van der Waals surface area contributed by atoms with Gasteiger partial charge in [-0.2, -0.15) is 0 Å². The fraction of sp³-hybridized carbons (Fsp3) is 0.292. The number of nitrogens with zero attached hydrogens (tertiary/aromatic N) is 3. The monoisotopic (exact) mass is 465 g/mol. The van der Waals surface area contributed by atoms with Crippen LogP contribution in [0.1, 0.15) is 35.5 Å². The molecular formula is C24H27N5O3S. The summed E-state index contributed by atoms with van der Waals surface area (Å²) < 4.78 is 0. The third kappa shape index (κ3) is 7.80. The highest BCUT2D eigenvalue weighted by Crippen LogP contribution is 2.16. The number of rotatable bonds is 10. The van der Waals surface area contributed by atoms with E-state index in [0.717, 1.165) is 5.56 Å². The molecule has 0 unspecified atom stereocenters. The lowest BCUT2D eigenvalue weighted by Crippen LogP contribution is -2.40. The molecule has 0 bridgehead atoms. The van der Waals surface area contributed by atoms with E-state index in [1.165, 1.54) is 16.2 Å². The molecule has 172 valence electrons. The van der Waals surface area contributed by atoms with Crippen molar-refractivity contribution in [2.75, 3.05) is 18.4 Å². The number of thiazole rings is 1. The fourth-order valence-corrected chi connectivity index (χ4v) is 3.86. The van der Waals surface area contributed by atoms with Gasteiger partial charge in [-0.25, -0.2) is 4.98 Å². The van der Waals surface area contributed by atoms with Gasteiger partial charge in [0.15, 0.2) is 5.13 Å². The molecule has 0 aliphatic rings. The van der Waals surface area contributed by atoms with Crippen molar-refractivity contribution in [1.29, 1.82) is 0 Å². The van der Waals surface area contributed by atoms with Crippen molar-refractivity contribution in [2.24, 2.45) is 5.92 Å². The van der Waals surface area contributed by atoms with Crippen LogP contribution < -0.4 is 10.6 Å². The zero-order valence-corrected chi connectivity index (χ0v) is 19.5. The van der Waals surface area contributed by atoms with Crippen molar-refractivity contribution >= 4 is 34.2 Å². The number of hydrogen-bond acceptors (Lipinski definition) is 6. The predicted molar refractivity (Wildman–Crippen MR) is 128 cm³/mol. The highest BCUT2D eigenvalue weighted by molar-refractivity contribution is 7.13. The Bertz CT molecular complexity index is 1070. The summed E-state index contributed by atoms with van der Waals surface area (Å²) >= 11 is 1.24. The van der Waals surface area contributed by atoms with Crippen molar-refractivity contribution in [2.45, 2.75) is 26.8 Å². The van der Waals surface area contributed by atoms with Gasteiger partial charge in [0.2, 0.25) is 11.8 Å². The lowest BCUT2D eigenvalue weighted by atomic mass is 10.1. The minimum absolute atomic E-state index is 0.0770.